The van der Waals surface area contributed by atoms with Crippen molar-refractivity contribution in [1.29, 1.82) is 0 Å². The summed E-state index contributed by atoms with van der Waals surface area (Å²) in [7, 11) is 0. The van der Waals surface area contributed by atoms with Crippen molar-refractivity contribution in [2.45, 2.75) is 0 Å². The molecule has 0 saturated heterocycles. The van der Waals surface area contributed by atoms with Gasteiger partial charge in [0.05, 0.1) is 0 Å². The molecule has 0 rings (SSSR count). The monoisotopic (exact) mass is 132 g/mol. The van der Waals surface area contributed by atoms with Crippen LogP contribution in [0.5, 0.6) is 0 Å². The van der Waals surface area contributed by atoms with E-state index in [9.17, 15) is 0 Å². The SMILES string of the molecule is [O]=[AlH].[O]=[AlH].[O]=[AlH]. The Kier molecular flexibility index (Phi) is 395. The summed E-state index contributed by atoms with van der Waals surface area (Å²) in [5, 5.41) is 0. The van der Waals surface area contributed by atoms with E-state index in [1.165, 1.54) is 0 Å². The quantitative estimate of drug-likeness (QED) is 0.348. The Bertz CT molecular complexity index is 10.8. The second-order valence-corrected chi connectivity index (χ2v) is 0. The molecule has 0 aliphatic carbocycles. The van der Waals surface area contributed by atoms with Gasteiger partial charge in [-0.1, -0.05) is 0 Å². The molecule has 0 heterocycles. The van der Waals surface area contributed by atoms with Crippen molar-refractivity contribution < 1.29 is 11.4 Å². The molecule has 0 aromatic rings. The first-order valence-corrected chi connectivity index (χ1v) is 2.60. The molecule has 0 bridgehead atoms. The van der Waals surface area contributed by atoms with Crippen LogP contribution in [0.4, 0.5) is 0 Å². The van der Waals surface area contributed by atoms with Crippen LogP contribution in [0.25, 0.3) is 0 Å². The average molecular weight is 132 g/mol. The molecule has 0 fully saturated rings. The molecule has 0 radical (unpaired) electrons. The average Bonchev–Trinajstić information content (AvgIpc) is 1.81. The van der Waals surface area contributed by atoms with Gasteiger partial charge in [-0.15, -0.1) is 0 Å². The maximum absolute atomic E-state index is 8.28. The molecule has 30 valence electrons. The van der Waals surface area contributed by atoms with Gasteiger partial charge < -0.3 is 0 Å². The summed E-state index contributed by atoms with van der Waals surface area (Å²) in [6.45, 7) is 0. The van der Waals surface area contributed by atoms with Gasteiger partial charge in [-0.25, -0.2) is 0 Å². The molecular formula is H3Al3O3. The molecule has 0 amide bonds. The zero-order chi connectivity index (χ0) is 6.00. The molecule has 0 spiro atoms. The van der Waals surface area contributed by atoms with Crippen LogP contribution in [-0.4, -0.2) is 48.7 Å². The molecule has 0 aromatic heterocycles. The van der Waals surface area contributed by atoms with Gasteiger partial charge in [-0.05, 0) is 0 Å². The van der Waals surface area contributed by atoms with Crippen LogP contribution in [0.1, 0.15) is 0 Å². The third kappa shape index (κ3) is 80.3. The molecule has 3 nitrogen and oxygen atoms in total. The third-order valence-electron chi connectivity index (χ3n) is 0. The van der Waals surface area contributed by atoms with E-state index in [1.54, 1.807) is 0 Å². The summed E-state index contributed by atoms with van der Waals surface area (Å²) in [5.41, 5.74) is 0. The van der Waals surface area contributed by atoms with Gasteiger partial charge in [-0.2, -0.15) is 0 Å². The van der Waals surface area contributed by atoms with Gasteiger partial charge in [0.2, 0.25) is 0 Å². The van der Waals surface area contributed by atoms with Crippen LogP contribution in [0, 0.1) is 0 Å². The summed E-state index contributed by atoms with van der Waals surface area (Å²) in [6, 6.07) is 0. The normalized spacial score (nSPS) is 1.50. The fraction of sp³-hybridized carbons (Fsp3) is 0. The van der Waals surface area contributed by atoms with Crippen molar-refractivity contribution in [3.05, 3.63) is 0 Å². The van der Waals surface area contributed by atoms with Gasteiger partial charge in [0.25, 0.3) is 0 Å². The van der Waals surface area contributed by atoms with Crippen LogP contribution in [0.2, 0.25) is 0 Å². The second-order valence-electron chi connectivity index (χ2n) is 0. The van der Waals surface area contributed by atoms with Crippen molar-refractivity contribution in [2.24, 2.45) is 0 Å². The van der Waals surface area contributed by atoms with E-state index in [2.05, 4.69) is 0 Å². The van der Waals surface area contributed by atoms with Crippen molar-refractivity contribution in [3.8, 4) is 0 Å². The van der Waals surface area contributed by atoms with E-state index in [0.29, 0.717) is 48.7 Å². The standard InChI is InChI=1S/3Al.3O.3H. The van der Waals surface area contributed by atoms with E-state index in [-0.39, 0.29) is 0 Å². The Morgan fingerprint density at radius 1 is 0.500 bits per heavy atom. The number of hydrogen-bond donors (Lipinski definition) is 0. The first-order valence-electron chi connectivity index (χ1n) is 0.866. The van der Waals surface area contributed by atoms with Gasteiger partial charge in [0.15, 0.2) is 0 Å². The summed E-state index contributed by atoms with van der Waals surface area (Å²) in [6.07, 6.45) is 0. The predicted molar refractivity (Wildman–Crippen MR) is 23.5 cm³/mol. The van der Waals surface area contributed by atoms with E-state index in [0.717, 1.165) is 0 Å². The topological polar surface area (TPSA) is 51.2 Å². The van der Waals surface area contributed by atoms with E-state index in [4.69, 9.17) is 11.4 Å². The molecular weight excluding hydrogens is 129 g/mol. The Hall–Kier alpha value is 0.997. The third-order valence-corrected chi connectivity index (χ3v) is 0. The Morgan fingerprint density at radius 3 is 0.500 bits per heavy atom. The molecule has 6 heteroatoms. The Labute approximate surface area is 60.0 Å². The van der Waals surface area contributed by atoms with E-state index < -0.39 is 0 Å². The van der Waals surface area contributed by atoms with Gasteiger partial charge in [0.1, 0.15) is 0 Å². The van der Waals surface area contributed by atoms with Crippen LogP contribution >= 0.6 is 0 Å². The summed E-state index contributed by atoms with van der Waals surface area (Å²) < 4.78 is 24.8. The Morgan fingerprint density at radius 2 is 0.500 bits per heavy atom. The molecule has 0 aromatic carbocycles. The van der Waals surface area contributed by atoms with Crippen molar-refractivity contribution in [3.63, 3.8) is 0 Å². The summed E-state index contributed by atoms with van der Waals surface area (Å²) >= 11 is 1.83. The number of hydrogen-bond acceptors (Lipinski definition) is 3. The fourth-order valence-corrected chi connectivity index (χ4v) is 0. The van der Waals surface area contributed by atoms with Crippen molar-refractivity contribution >= 4 is 48.7 Å². The van der Waals surface area contributed by atoms with E-state index in [1.807, 2.05) is 0 Å². The molecule has 0 aliphatic rings. The minimum absolute atomic E-state index is 0.611. The molecule has 0 unspecified atom stereocenters. The van der Waals surface area contributed by atoms with Crippen LogP contribution in [0.3, 0.4) is 0 Å². The molecule has 0 aliphatic heterocycles. The zero-order valence-corrected chi connectivity index (χ0v) is 7.59. The van der Waals surface area contributed by atoms with Crippen LogP contribution < -0.4 is 0 Å². The first-order chi connectivity index (χ1) is 3.00. The molecule has 0 N–H and O–H groups in total. The minimum atomic E-state index is 0.611. The summed E-state index contributed by atoms with van der Waals surface area (Å²) in [5.74, 6) is 0. The predicted octanol–water partition coefficient (Wildman–Crippen LogP) is -2.30. The van der Waals surface area contributed by atoms with Crippen molar-refractivity contribution in [1.82, 2.24) is 0 Å². The fourth-order valence-electron chi connectivity index (χ4n) is 0. The molecule has 0 atom stereocenters. The second kappa shape index (κ2) is 151. The summed E-state index contributed by atoms with van der Waals surface area (Å²) in [4.78, 5) is 0. The zero-order valence-electron chi connectivity index (χ0n) is 3.35. The first kappa shape index (κ1) is 15.8. The van der Waals surface area contributed by atoms with Crippen LogP contribution in [0.15, 0.2) is 0 Å². The molecule has 0 saturated carbocycles. The van der Waals surface area contributed by atoms with Gasteiger partial charge in [0, 0.05) is 0 Å². The van der Waals surface area contributed by atoms with E-state index >= 15 is 0 Å². The van der Waals surface area contributed by atoms with Gasteiger partial charge >= 0.3 is 60.1 Å². The Balaban J connectivity index is -0.0000000225. The van der Waals surface area contributed by atoms with Crippen molar-refractivity contribution in [2.75, 3.05) is 0 Å². The maximum atomic E-state index is 8.28. The van der Waals surface area contributed by atoms with Gasteiger partial charge in [-0.3, -0.25) is 0 Å². The van der Waals surface area contributed by atoms with Crippen LogP contribution in [-0.2, 0) is 11.4 Å². The number of rotatable bonds is 0. The molecule has 6 heavy (non-hydrogen) atoms.